The highest BCUT2D eigenvalue weighted by Crippen LogP contribution is 2.33. The average Bonchev–Trinajstić information content (AvgIpc) is 2.32. The molecule has 2 rings (SSSR count). The molecule has 2 nitrogen and oxygen atoms in total. The number of benzene rings is 1. The molecule has 0 aliphatic heterocycles. The van der Waals surface area contributed by atoms with Gasteiger partial charge < -0.3 is 0 Å². The predicted octanol–water partition coefficient (Wildman–Crippen LogP) is 5.06. The topological polar surface area (TPSA) is 25.8 Å². The number of hydrogen-bond acceptors (Lipinski definition) is 2. The standard InChI is InChI=1S/C13H11Cl3N2/c1-2-4-12-17-10(7-11(15)18-12)8-5-3-6-9(14)13(8)16/h3,5-7H,2,4H2,1H3. The van der Waals surface area contributed by atoms with Gasteiger partial charge in [-0.05, 0) is 12.5 Å². The van der Waals surface area contributed by atoms with Crippen molar-refractivity contribution in [2.24, 2.45) is 0 Å². The lowest BCUT2D eigenvalue weighted by molar-refractivity contribution is 0.836. The summed E-state index contributed by atoms with van der Waals surface area (Å²) in [6.07, 6.45) is 1.74. The predicted molar refractivity (Wildman–Crippen MR) is 76.5 cm³/mol. The van der Waals surface area contributed by atoms with Gasteiger partial charge in [0, 0.05) is 18.1 Å². The molecule has 0 radical (unpaired) electrons. The Kier molecular flexibility index (Phi) is 4.44. The van der Waals surface area contributed by atoms with Gasteiger partial charge in [0.15, 0.2) is 0 Å². The van der Waals surface area contributed by atoms with E-state index in [1.807, 2.05) is 12.1 Å². The van der Waals surface area contributed by atoms with E-state index in [1.54, 1.807) is 12.1 Å². The lowest BCUT2D eigenvalue weighted by atomic mass is 10.1. The van der Waals surface area contributed by atoms with Gasteiger partial charge in [-0.2, -0.15) is 0 Å². The molecule has 0 fully saturated rings. The van der Waals surface area contributed by atoms with Crippen LogP contribution in [0.4, 0.5) is 0 Å². The van der Waals surface area contributed by atoms with Crippen LogP contribution in [0.15, 0.2) is 24.3 Å². The van der Waals surface area contributed by atoms with E-state index in [0.29, 0.717) is 20.9 Å². The molecule has 1 heterocycles. The molecule has 0 aliphatic carbocycles. The first-order valence-electron chi connectivity index (χ1n) is 5.59. The summed E-state index contributed by atoms with van der Waals surface area (Å²) in [6, 6.07) is 7.13. The largest absolute Gasteiger partial charge is 0.233 e. The highest BCUT2D eigenvalue weighted by Gasteiger charge is 2.10. The van der Waals surface area contributed by atoms with Gasteiger partial charge in [-0.3, -0.25) is 0 Å². The van der Waals surface area contributed by atoms with Crippen molar-refractivity contribution in [2.75, 3.05) is 0 Å². The minimum atomic E-state index is 0.416. The normalized spacial score (nSPS) is 10.7. The molecular formula is C13H11Cl3N2. The smallest absolute Gasteiger partial charge is 0.133 e. The van der Waals surface area contributed by atoms with Gasteiger partial charge in [-0.15, -0.1) is 0 Å². The van der Waals surface area contributed by atoms with Crippen molar-refractivity contribution in [1.29, 1.82) is 0 Å². The number of aromatic nitrogens is 2. The molecule has 0 amide bonds. The van der Waals surface area contributed by atoms with Crippen LogP contribution in [0.5, 0.6) is 0 Å². The molecule has 5 heteroatoms. The van der Waals surface area contributed by atoms with Crippen LogP contribution in [-0.4, -0.2) is 9.97 Å². The Bertz CT molecular complexity index is 570. The first-order valence-corrected chi connectivity index (χ1v) is 6.73. The van der Waals surface area contributed by atoms with Crippen LogP contribution in [0.3, 0.4) is 0 Å². The van der Waals surface area contributed by atoms with Gasteiger partial charge in [-0.25, -0.2) is 9.97 Å². The maximum Gasteiger partial charge on any atom is 0.133 e. The number of hydrogen-bond donors (Lipinski definition) is 0. The van der Waals surface area contributed by atoms with Crippen LogP contribution in [0.1, 0.15) is 19.2 Å². The molecule has 0 aliphatic rings. The summed E-state index contributed by atoms with van der Waals surface area (Å²) in [6.45, 7) is 2.07. The van der Waals surface area contributed by atoms with Crippen LogP contribution >= 0.6 is 34.8 Å². The zero-order valence-electron chi connectivity index (χ0n) is 9.75. The van der Waals surface area contributed by atoms with E-state index in [-0.39, 0.29) is 0 Å². The van der Waals surface area contributed by atoms with Gasteiger partial charge in [0.25, 0.3) is 0 Å². The Balaban J connectivity index is 2.53. The number of halogens is 3. The van der Waals surface area contributed by atoms with Crippen molar-refractivity contribution in [1.82, 2.24) is 9.97 Å². The Morgan fingerprint density at radius 2 is 1.89 bits per heavy atom. The van der Waals surface area contributed by atoms with Gasteiger partial charge in [0.1, 0.15) is 11.0 Å². The first-order chi connectivity index (χ1) is 8.61. The lowest BCUT2D eigenvalue weighted by Gasteiger charge is -2.07. The average molecular weight is 302 g/mol. The highest BCUT2D eigenvalue weighted by atomic mass is 35.5. The van der Waals surface area contributed by atoms with E-state index < -0.39 is 0 Å². The summed E-state index contributed by atoms with van der Waals surface area (Å²) in [5, 5.41) is 1.40. The maximum absolute atomic E-state index is 6.17. The van der Waals surface area contributed by atoms with Crippen LogP contribution in [0.25, 0.3) is 11.3 Å². The summed E-state index contributed by atoms with van der Waals surface area (Å²) >= 11 is 18.2. The molecule has 0 bridgehead atoms. The van der Waals surface area contributed by atoms with E-state index in [0.717, 1.165) is 24.2 Å². The van der Waals surface area contributed by atoms with E-state index >= 15 is 0 Å². The third-order valence-corrected chi connectivity index (χ3v) is 3.45. The second-order valence-corrected chi connectivity index (χ2v) is 5.02. The minimum Gasteiger partial charge on any atom is -0.233 e. The summed E-state index contributed by atoms with van der Waals surface area (Å²) in [5.41, 5.74) is 1.47. The van der Waals surface area contributed by atoms with Crippen molar-refractivity contribution in [3.63, 3.8) is 0 Å². The zero-order valence-corrected chi connectivity index (χ0v) is 12.0. The summed E-state index contributed by atoms with van der Waals surface area (Å²) in [5.74, 6) is 0.719. The van der Waals surface area contributed by atoms with Crippen molar-refractivity contribution in [3.8, 4) is 11.3 Å². The Morgan fingerprint density at radius 3 is 2.61 bits per heavy atom. The fourth-order valence-electron chi connectivity index (χ4n) is 1.64. The molecule has 94 valence electrons. The zero-order chi connectivity index (χ0) is 13.1. The van der Waals surface area contributed by atoms with Gasteiger partial charge in [0.2, 0.25) is 0 Å². The number of nitrogens with zero attached hydrogens (tertiary/aromatic N) is 2. The van der Waals surface area contributed by atoms with Crippen LogP contribution in [-0.2, 0) is 6.42 Å². The van der Waals surface area contributed by atoms with Crippen molar-refractivity contribution in [2.45, 2.75) is 19.8 Å². The third kappa shape index (κ3) is 2.94. The maximum atomic E-state index is 6.17. The summed E-state index contributed by atoms with van der Waals surface area (Å²) in [4.78, 5) is 8.64. The molecular weight excluding hydrogens is 291 g/mol. The molecule has 2 aromatic rings. The molecule has 0 spiro atoms. The number of aryl methyl sites for hydroxylation is 1. The monoisotopic (exact) mass is 300 g/mol. The van der Waals surface area contributed by atoms with E-state index in [9.17, 15) is 0 Å². The van der Waals surface area contributed by atoms with Crippen LogP contribution in [0.2, 0.25) is 15.2 Å². The Labute approximate surface area is 121 Å². The molecule has 1 aromatic carbocycles. The molecule has 1 aromatic heterocycles. The van der Waals surface area contributed by atoms with Crippen LogP contribution in [0, 0.1) is 0 Å². The van der Waals surface area contributed by atoms with Crippen molar-refractivity contribution < 1.29 is 0 Å². The van der Waals surface area contributed by atoms with Gasteiger partial charge in [-0.1, -0.05) is 53.9 Å². The molecule has 0 unspecified atom stereocenters. The van der Waals surface area contributed by atoms with Gasteiger partial charge >= 0.3 is 0 Å². The SMILES string of the molecule is CCCc1nc(Cl)cc(-c2cccc(Cl)c2Cl)n1. The van der Waals surface area contributed by atoms with E-state index in [4.69, 9.17) is 34.8 Å². The van der Waals surface area contributed by atoms with E-state index in [1.165, 1.54) is 0 Å². The molecule has 18 heavy (non-hydrogen) atoms. The third-order valence-electron chi connectivity index (χ3n) is 2.44. The van der Waals surface area contributed by atoms with Crippen LogP contribution < -0.4 is 0 Å². The Morgan fingerprint density at radius 1 is 1.11 bits per heavy atom. The molecule has 0 saturated carbocycles. The quantitative estimate of drug-likeness (QED) is 0.741. The summed E-state index contributed by atoms with van der Waals surface area (Å²) < 4.78 is 0. The molecule has 0 atom stereocenters. The van der Waals surface area contributed by atoms with Crippen molar-refractivity contribution in [3.05, 3.63) is 45.3 Å². The Hall–Kier alpha value is -0.830. The van der Waals surface area contributed by atoms with E-state index in [2.05, 4.69) is 16.9 Å². The minimum absolute atomic E-state index is 0.416. The lowest BCUT2D eigenvalue weighted by Crippen LogP contribution is -1.97. The highest BCUT2D eigenvalue weighted by molar-refractivity contribution is 6.43. The summed E-state index contributed by atoms with van der Waals surface area (Å²) in [7, 11) is 0. The molecule has 0 saturated heterocycles. The fourth-order valence-corrected chi connectivity index (χ4v) is 2.24. The fraction of sp³-hybridized carbons (Fsp3) is 0.231. The van der Waals surface area contributed by atoms with Gasteiger partial charge in [0.05, 0.1) is 15.7 Å². The number of rotatable bonds is 3. The second kappa shape index (κ2) is 5.87. The molecule has 0 N–H and O–H groups in total. The first kappa shape index (κ1) is 13.6. The second-order valence-electron chi connectivity index (χ2n) is 3.84. The van der Waals surface area contributed by atoms with Crippen molar-refractivity contribution >= 4 is 34.8 Å².